The van der Waals surface area contributed by atoms with Gasteiger partial charge in [-0.1, -0.05) is 0 Å². The summed E-state index contributed by atoms with van der Waals surface area (Å²) in [5, 5.41) is 2.69. The van der Waals surface area contributed by atoms with Crippen LogP contribution < -0.4 is 5.32 Å². The van der Waals surface area contributed by atoms with E-state index in [2.05, 4.69) is 10.3 Å². The molecule has 86 valence electrons. The molecule has 0 aliphatic carbocycles. The van der Waals surface area contributed by atoms with Crippen molar-refractivity contribution in [2.24, 2.45) is 4.99 Å². The van der Waals surface area contributed by atoms with Crippen LogP contribution >= 0.6 is 0 Å². The molecule has 0 radical (unpaired) electrons. The number of hydrogen-bond acceptors (Lipinski definition) is 2. The molecule has 0 fully saturated rings. The Labute approximate surface area is 91.2 Å². The van der Waals surface area contributed by atoms with Crippen LogP contribution in [0.15, 0.2) is 17.1 Å². The molecular weight excluding hydrogens is 217 g/mol. The smallest absolute Gasteiger partial charge is 0.161 e. The summed E-state index contributed by atoms with van der Waals surface area (Å²) < 4.78 is 38.8. The Hall–Kier alpha value is -1.52. The topological polar surface area (TPSA) is 24.4 Å². The molecule has 0 saturated carbocycles. The number of aliphatic imine (C=N–C) groups is 1. The van der Waals surface area contributed by atoms with Gasteiger partial charge in [-0.05, 0) is 12.8 Å². The summed E-state index contributed by atoms with van der Waals surface area (Å²) in [5.41, 5.74) is -0.0699. The highest BCUT2D eigenvalue weighted by atomic mass is 19.2. The SMILES string of the molecule is Fc1cc(F)c(NC2=NCCCC2)cc1F. The van der Waals surface area contributed by atoms with Crippen LogP contribution in [0, 0.1) is 17.5 Å². The van der Waals surface area contributed by atoms with E-state index in [9.17, 15) is 13.2 Å². The second kappa shape index (κ2) is 4.55. The van der Waals surface area contributed by atoms with Crippen LogP contribution in [0.3, 0.4) is 0 Å². The van der Waals surface area contributed by atoms with Gasteiger partial charge in [0.15, 0.2) is 11.6 Å². The van der Waals surface area contributed by atoms with Crippen molar-refractivity contribution in [1.82, 2.24) is 0 Å². The van der Waals surface area contributed by atoms with Crippen LogP contribution in [0.1, 0.15) is 19.3 Å². The van der Waals surface area contributed by atoms with Crippen LogP contribution in [-0.2, 0) is 0 Å². The van der Waals surface area contributed by atoms with E-state index in [1.807, 2.05) is 0 Å². The van der Waals surface area contributed by atoms with Crippen LogP contribution in [0.5, 0.6) is 0 Å². The van der Waals surface area contributed by atoms with Gasteiger partial charge in [-0.3, -0.25) is 4.99 Å². The number of hydrogen-bond donors (Lipinski definition) is 1. The van der Waals surface area contributed by atoms with Gasteiger partial charge >= 0.3 is 0 Å². The number of anilines is 1. The predicted molar refractivity (Wildman–Crippen MR) is 56.1 cm³/mol. The molecule has 0 saturated heterocycles. The van der Waals surface area contributed by atoms with E-state index in [1.165, 1.54) is 0 Å². The normalized spacial score (nSPS) is 15.8. The van der Waals surface area contributed by atoms with E-state index >= 15 is 0 Å². The summed E-state index contributed by atoms with van der Waals surface area (Å²) >= 11 is 0. The highest BCUT2D eigenvalue weighted by molar-refractivity contribution is 5.95. The first-order valence-corrected chi connectivity index (χ1v) is 5.12. The lowest BCUT2D eigenvalue weighted by molar-refractivity contribution is 0.496. The molecule has 0 amide bonds. The molecule has 0 bridgehead atoms. The Morgan fingerprint density at radius 3 is 2.44 bits per heavy atom. The highest BCUT2D eigenvalue weighted by Crippen LogP contribution is 2.19. The second-order valence-electron chi connectivity index (χ2n) is 3.66. The van der Waals surface area contributed by atoms with Gasteiger partial charge in [0.05, 0.1) is 5.69 Å². The Morgan fingerprint density at radius 2 is 1.75 bits per heavy atom. The predicted octanol–water partition coefficient (Wildman–Crippen LogP) is 3.10. The van der Waals surface area contributed by atoms with E-state index in [0.29, 0.717) is 24.9 Å². The zero-order valence-corrected chi connectivity index (χ0v) is 8.56. The van der Waals surface area contributed by atoms with E-state index in [-0.39, 0.29) is 5.69 Å². The zero-order chi connectivity index (χ0) is 11.5. The Kier molecular flexibility index (Phi) is 3.12. The molecule has 2 nitrogen and oxygen atoms in total. The van der Waals surface area contributed by atoms with E-state index in [0.717, 1.165) is 18.9 Å². The molecule has 1 heterocycles. The third kappa shape index (κ3) is 2.35. The molecule has 5 heteroatoms. The molecule has 0 unspecified atom stereocenters. The molecule has 1 aromatic rings. The molecule has 1 aromatic carbocycles. The number of benzene rings is 1. The van der Waals surface area contributed by atoms with E-state index < -0.39 is 17.5 Å². The van der Waals surface area contributed by atoms with Crippen molar-refractivity contribution >= 4 is 11.5 Å². The van der Waals surface area contributed by atoms with Crippen LogP contribution in [0.4, 0.5) is 18.9 Å². The summed E-state index contributed by atoms with van der Waals surface area (Å²) in [7, 11) is 0. The van der Waals surface area contributed by atoms with Crippen LogP contribution in [0.25, 0.3) is 0 Å². The molecular formula is C11H11F3N2. The van der Waals surface area contributed by atoms with Crippen molar-refractivity contribution in [2.45, 2.75) is 19.3 Å². The average molecular weight is 228 g/mol. The van der Waals surface area contributed by atoms with Gasteiger partial charge in [-0.25, -0.2) is 13.2 Å². The molecule has 0 spiro atoms. The third-order valence-corrected chi connectivity index (χ3v) is 2.41. The summed E-state index contributed by atoms with van der Waals surface area (Å²) in [5.74, 6) is -2.45. The summed E-state index contributed by atoms with van der Waals surface area (Å²) in [6.45, 7) is 0.688. The lowest BCUT2D eigenvalue weighted by Crippen LogP contribution is -2.17. The fourth-order valence-corrected chi connectivity index (χ4v) is 1.57. The van der Waals surface area contributed by atoms with E-state index in [4.69, 9.17) is 0 Å². The van der Waals surface area contributed by atoms with Gasteiger partial charge in [0, 0.05) is 25.1 Å². The fraction of sp³-hybridized carbons (Fsp3) is 0.364. The Morgan fingerprint density at radius 1 is 1.00 bits per heavy atom. The first-order chi connectivity index (χ1) is 7.66. The van der Waals surface area contributed by atoms with Gasteiger partial charge in [-0.15, -0.1) is 0 Å². The van der Waals surface area contributed by atoms with Crippen LogP contribution in [0.2, 0.25) is 0 Å². The molecule has 1 aliphatic heterocycles. The zero-order valence-electron chi connectivity index (χ0n) is 8.56. The summed E-state index contributed by atoms with van der Waals surface area (Å²) in [6.07, 6.45) is 2.68. The van der Waals surface area contributed by atoms with E-state index in [1.54, 1.807) is 0 Å². The highest BCUT2D eigenvalue weighted by Gasteiger charge is 2.12. The maximum absolute atomic E-state index is 13.3. The minimum absolute atomic E-state index is 0.0699. The maximum atomic E-state index is 13.3. The van der Waals surface area contributed by atoms with Crippen molar-refractivity contribution in [2.75, 3.05) is 11.9 Å². The monoisotopic (exact) mass is 228 g/mol. The Bertz CT molecular complexity index is 429. The second-order valence-corrected chi connectivity index (χ2v) is 3.66. The van der Waals surface area contributed by atoms with Crippen molar-refractivity contribution in [1.29, 1.82) is 0 Å². The number of halogens is 3. The van der Waals surface area contributed by atoms with Gasteiger partial charge in [0.2, 0.25) is 0 Å². The lowest BCUT2D eigenvalue weighted by Gasteiger charge is -2.14. The number of rotatable bonds is 1. The van der Waals surface area contributed by atoms with Crippen molar-refractivity contribution in [3.8, 4) is 0 Å². The molecule has 0 aromatic heterocycles. The Balaban J connectivity index is 2.20. The average Bonchev–Trinajstić information content (AvgIpc) is 2.27. The van der Waals surface area contributed by atoms with Crippen molar-refractivity contribution in [3.05, 3.63) is 29.6 Å². The fourth-order valence-electron chi connectivity index (χ4n) is 1.57. The van der Waals surface area contributed by atoms with Gasteiger partial charge < -0.3 is 5.32 Å². The van der Waals surface area contributed by atoms with Gasteiger partial charge in [0.1, 0.15) is 11.7 Å². The molecule has 0 atom stereocenters. The molecule has 1 N–H and O–H groups in total. The molecule has 16 heavy (non-hydrogen) atoms. The first-order valence-electron chi connectivity index (χ1n) is 5.12. The van der Waals surface area contributed by atoms with Gasteiger partial charge in [-0.2, -0.15) is 0 Å². The minimum atomic E-state index is -1.19. The van der Waals surface area contributed by atoms with Crippen molar-refractivity contribution in [3.63, 3.8) is 0 Å². The van der Waals surface area contributed by atoms with Crippen LogP contribution in [-0.4, -0.2) is 12.4 Å². The minimum Gasteiger partial charge on any atom is -0.342 e. The first kappa shape index (κ1) is 11.0. The lowest BCUT2D eigenvalue weighted by atomic mass is 10.1. The third-order valence-electron chi connectivity index (χ3n) is 2.41. The number of nitrogens with zero attached hydrogens (tertiary/aromatic N) is 1. The molecule has 2 rings (SSSR count). The quantitative estimate of drug-likeness (QED) is 0.734. The number of amidine groups is 1. The summed E-state index contributed by atoms with van der Waals surface area (Å²) in [6, 6.07) is 1.34. The maximum Gasteiger partial charge on any atom is 0.161 e. The summed E-state index contributed by atoms with van der Waals surface area (Å²) in [4.78, 5) is 4.14. The van der Waals surface area contributed by atoms with Crippen molar-refractivity contribution < 1.29 is 13.2 Å². The largest absolute Gasteiger partial charge is 0.342 e. The standard InChI is InChI=1S/C11H11F3N2/c12-7-5-9(14)10(6-8(7)13)16-11-3-1-2-4-15-11/h5-6H,1-4H2,(H,15,16). The van der Waals surface area contributed by atoms with Gasteiger partial charge in [0.25, 0.3) is 0 Å². The number of nitrogens with one attached hydrogen (secondary N) is 1. The molecule has 1 aliphatic rings.